The third-order valence-corrected chi connectivity index (χ3v) is 4.16. The quantitative estimate of drug-likeness (QED) is 0.569. The van der Waals surface area contributed by atoms with Crippen molar-refractivity contribution in [2.45, 2.75) is 45.1 Å². The van der Waals surface area contributed by atoms with Crippen molar-refractivity contribution < 1.29 is 9.66 Å². The molecule has 3 rings (SSSR count). The fraction of sp³-hybridized carbons (Fsp3) is 0.471. The van der Waals surface area contributed by atoms with Crippen LogP contribution in [0.25, 0.3) is 0 Å². The number of rotatable bonds is 7. The summed E-state index contributed by atoms with van der Waals surface area (Å²) in [4.78, 5) is 23.3. The zero-order valence-corrected chi connectivity index (χ0v) is 14.6. The summed E-state index contributed by atoms with van der Waals surface area (Å²) in [6.07, 6.45) is 5.87. The molecule has 2 aromatic rings. The summed E-state index contributed by atoms with van der Waals surface area (Å²) >= 11 is 0. The fourth-order valence-corrected chi connectivity index (χ4v) is 2.90. The molecule has 2 N–H and O–H groups in total. The predicted molar refractivity (Wildman–Crippen MR) is 97.9 cm³/mol. The summed E-state index contributed by atoms with van der Waals surface area (Å²) in [5.74, 6) is 0.801. The summed E-state index contributed by atoms with van der Waals surface area (Å²) < 4.78 is 5.43. The van der Waals surface area contributed by atoms with Gasteiger partial charge in [-0.1, -0.05) is 19.3 Å². The lowest BCUT2D eigenvalue weighted by atomic mass is 9.96. The van der Waals surface area contributed by atoms with Crippen molar-refractivity contribution in [3.05, 3.63) is 34.4 Å². The first-order valence-electron chi connectivity index (χ1n) is 8.81. The highest BCUT2D eigenvalue weighted by molar-refractivity contribution is 5.56. The third kappa shape index (κ3) is 4.78. The summed E-state index contributed by atoms with van der Waals surface area (Å²) in [5, 5.41) is 17.1. The van der Waals surface area contributed by atoms with E-state index in [1.165, 1.54) is 31.4 Å². The van der Waals surface area contributed by atoms with E-state index in [0.717, 1.165) is 12.8 Å². The normalized spacial score (nSPS) is 14.7. The number of non-ortho nitro benzene ring substituents is 1. The Morgan fingerprint density at radius 3 is 2.46 bits per heavy atom. The molecule has 0 radical (unpaired) electrons. The lowest BCUT2D eigenvalue weighted by Gasteiger charge is -2.22. The van der Waals surface area contributed by atoms with Crippen LogP contribution < -0.4 is 15.4 Å². The van der Waals surface area contributed by atoms with Crippen molar-refractivity contribution in [2.24, 2.45) is 0 Å². The zero-order valence-electron chi connectivity index (χ0n) is 14.6. The highest BCUT2D eigenvalue weighted by Crippen LogP contribution is 2.23. The molecule has 0 amide bonds. The van der Waals surface area contributed by atoms with Crippen LogP contribution in [0.4, 0.5) is 23.3 Å². The molecule has 1 saturated carbocycles. The number of hydrogen-bond acceptors (Lipinski definition) is 8. The lowest BCUT2D eigenvalue weighted by Crippen LogP contribution is -2.24. The average Bonchev–Trinajstić information content (AvgIpc) is 2.63. The Bertz CT molecular complexity index is 747. The molecule has 9 nitrogen and oxygen atoms in total. The summed E-state index contributed by atoms with van der Waals surface area (Å²) in [6, 6.07) is 6.66. The van der Waals surface area contributed by atoms with E-state index in [0.29, 0.717) is 30.2 Å². The summed E-state index contributed by atoms with van der Waals surface area (Å²) in [5.41, 5.74) is 0.675. The van der Waals surface area contributed by atoms with Gasteiger partial charge < -0.3 is 15.4 Å². The first kappa shape index (κ1) is 17.8. The van der Waals surface area contributed by atoms with Crippen LogP contribution in [0.3, 0.4) is 0 Å². The Kier molecular flexibility index (Phi) is 5.77. The molecule has 1 aromatic heterocycles. The van der Waals surface area contributed by atoms with Gasteiger partial charge in [-0.15, -0.1) is 0 Å². The van der Waals surface area contributed by atoms with Crippen molar-refractivity contribution in [3.8, 4) is 6.01 Å². The monoisotopic (exact) mass is 358 g/mol. The highest BCUT2D eigenvalue weighted by Gasteiger charge is 2.16. The molecule has 0 unspecified atom stereocenters. The molecule has 9 heteroatoms. The largest absolute Gasteiger partial charge is 0.464 e. The van der Waals surface area contributed by atoms with Crippen LogP contribution in [0.1, 0.15) is 39.0 Å². The van der Waals surface area contributed by atoms with Gasteiger partial charge in [-0.2, -0.15) is 15.0 Å². The molecule has 0 atom stereocenters. The van der Waals surface area contributed by atoms with Gasteiger partial charge in [0.05, 0.1) is 11.5 Å². The molecule has 1 fully saturated rings. The minimum absolute atomic E-state index is 0.0286. The minimum atomic E-state index is -0.438. The minimum Gasteiger partial charge on any atom is -0.464 e. The topological polar surface area (TPSA) is 115 Å². The molecule has 0 spiro atoms. The van der Waals surface area contributed by atoms with E-state index in [-0.39, 0.29) is 11.7 Å². The highest BCUT2D eigenvalue weighted by atomic mass is 16.6. The van der Waals surface area contributed by atoms with Crippen LogP contribution >= 0.6 is 0 Å². The zero-order chi connectivity index (χ0) is 18.4. The number of nitro groups is 1. The van der Waals surface area contributed by atoms with E-state index in [4.69, 9.17) is 4.74 Å². The van der Waals surface area contributed by atoms with Gasteiger partial charge in [-0.25, -0.2) is 0 Å². The van der Waals surface area contributed by atoms with E-state index in [1.54, 1.807) is 12.1 Å². The molecule has 1 aliphatic carbocycles. The molecular weight excluding hydrogens is 336 g/mol. The molecule has 0 aliphatic heterocycles. The van der Waals surface area contributed by atoms with Gasteiger partial charge in [-0.3, -0.25) is 10.1 Å². The van der Waals surface area contributed by atoms with E-state index < -0.39 is 4.92 Å². The number of nitrogens with one attached hydrogen (secondary N) is 2. The van der Waals surface area contributed by atoms with Crippen molar-refractivity contribution in [1.82, 2.24) is 15.0 Å². The second-order valence-corrected chi connectivity index (χ2v) is 6.11. The van der Waals surface area contributed by atoms with E-state index in [2.05, 4.69) is 25.6 Å². The summed E-state index contributed by atoms with van der Waals surface area (Å²) in [7, 11) is 0. The number of ether oxygens (including phenoxy) is 1. The molecule has 26 heavy (non-hydrogen) atoms. The Labute approximate surface area is 151 Å². The van der Waals surface area contributed by atoms with E-state index in [9.17, 15) is 10.1 Å². The molecule has 1 heterocycles. The van der Waals surface area contributed by atoms with Crippen LogP contribution in [-0.2, 0) is 0 Å². The second-order valence-electron chi connectivity index (χ2n) is 6.11. The van der Waals surface area contributed by atoms with Crippen molar-refractivity contribution >= 4 is 23.3 Å². The Balaban J connectivity index is 1.77. The number of anilines is 3. The lowest BCUT2D eigenvalue weighted by molar-refractivity contribution is -0.384. The Morgan fingerprint density at radius 1 is 1.12 bits per heavy atom. The second kappa shape index (κ2) is 8.41. The van der Waals surface area contributed by atoms with Crippen LogP contribution in [0.2, 0.25) is 0 Å². The SMILES string of the molecule is CCOc1nc(Nc2ccc([N+](=O)[O-])cc2)nc(NC2CCCCC2)n1. The Hall–Kier alpha value is -2.97. The van der Waals surface area contributed by atoms with Crippen LogP contribution in [-0.4, -0.2) is 32.5 Å². The molecule has 1 aromatic carbocycles. The van der Waals surface area contributed by atoms with Gasteiger partial charge in [0.25, 0.3) is 5.69 Å². The van der Waals surface area contributed by atoms with Crippen molar-refractivity contribution in [1.29, 1.82) is 0 Å². The van der Waals surface area contributed by atoms with Gasteiger partial charge in [0.15, 0.2) is 0 Å². The first-order valence-corrected chi connectivity index (χ1v) is 8.81. The van der Waals surface area contributed by atoms with Gasteiger partial charge >= 0.3 is 6.01 Å². The van der Waals surface area contributed by atoms with Gasteiger partial charge in [0.1, 0.15) is 0 Å². The molecular formula is C17H22N6O3. The molecule has 1 aliphatic rings. The van der Waals surface area contributed by atoms with Gasteiger partial charge in [-0.05, 0) is 31.9 Å². The van der Waals surface area contributed by atoms with Crippen LogP contribution in [0.15, 0.2) is 24.3 Å². The predicted octanol–water partition coefficient (Wildman–Crippen LogP) is 3.67. The maximum absolute atomic E-state index is 10.7. The maximum Gasteiger partial charge on any atom is 0.323 e. The number of benzene rings is 1. The fourth-order valence-electron chi connectivity index (χ4n) is 2.90. The summed E-state index contributed by atoms with van der Waals surface area (Å²) in [6.45, 7) is 2.31. The average molecular weight is 358 g/mol. The smallest absolute Gasteiger partial charge is 0.323 e. The van der Waals surface area contributed by atoms with Gasteiger partial charge in [0.2, 0.25) is 11.9 Å². The Morgan fingerprint density at radius 2 is 1.81 bits per heavy atom. The van der Waals surface area contributed by atoms with Crippen LogP contribution in [0, 0.1) is 10.1 Å². The van der Waals surface area contributed by atoms with Crippen molar-refractivity contribution in [2.75, 3.05) is 17.2 Å². The molecule has 0 bridgehead atoms. The molecule has 138 valence electrons. The third-order valence-electron chi connectivity index (χ3n) is 4.16. The van der Waals surface area contributed by atoms with Crippen molar-refractivity contribution in [3.63, 3.8) is 0 Å². The van der Waals surface area contributed by atoms with E-state index in [1.807, 2.05) is 6.92 Å². The van der Waals surface area contributed by atoms with Gasteiger partial charge in [0, 0.05) is 23.9 Å². The first-order chi connectivity index (χ1) is 12.6. The number of aromatic nitrogens is 3. The van der Waals surface area contributed by atoms with E-state index >= 15 is 0 Å². The number of hydrogen-bond donors (Lipinski definition) is 2. The molecule has 0 saturated heterocycles. The number of nitro benzene ring substituents is 1. The standard InChI is InChI=1S/C17H22N6O3/c1-2-26-17-21-15(18-12-6-4-3-5-7-12)20-16(22-17)19-13-8-10-14(11-9-13)23(24)25/h8-12H,2-7H2,1H3,(H2,18,19,20,21,22). The van der Waals surface area contributed by atoms with Crippen LogP contribution in [0.5, 0.6) is 6.01 Å². The maximum atomic E-state index is 10.7. The number of nitrogens with zero attached hydrogens (tertiary/aromatic N) is 4.